The van der Waals surface area contributed by atoms with Crippen molar-refractivity contribution in [3.8, 4) is 5.75 Å². The lowest BCUT2D eigenvalue weighted by Crippen LogP contribution is -2.30. The molecule has 0 bridgehead atoms. The first-order chi connectivity index (χ1) is 13.4. The fourth-order valence-corrected chi connectivity index (χ4v) is 2.41. The SMILES string of the molecule is CCOc1ccc(/C=C/C(=O)O[C@H](C)C(=O)Nc2ccccc2C(C)=O)cc1. The molecule has 1 N–H and O–H groups in total. The number of para-hydroxylation sites is 1. The number of ketones is 1. The van der Waals surface area contributed by atoms with Crippen LogP contribution in [0.25, 0.3) is 6.08 Å². The molecule has 6 nitrogen and oxygen atoms in total. The lowest BCUT2D eigenvalue weighted by molar-refractivity contribution is -0.148. The van der Waals surface area contributed by atoms with Crippen LogP contribution in [0.5, 0.6) is 5.75 Å². The van der Waals surface area contributed by atoms with Crippen LogP contribution in [0.4, 0.5) is 5.69 Å². The minimum absolute atomic E-state index is 0.168. The van der Waals surface area contributed by atoms with Crippen molar-refractivity contribution in [2.75, 3.05) is 11.9 Å². The van der Waals surface area contributed by atoms with E-state index in [0.717, 1.165) is 11.3 Å². The number of Topliss-reactive ketones (excluding diaryl/α,β-unsaturated/α-hetero) is 1. The van der Waals surface area contributed by atoms with Crippen molar-refractivity contribution in [1.82, 2.24) is 0 Å². The van der Waals surface area contributed by atoms with Crippen LogP contribution in [0.15, 0.2) is 54.6 Å². The van der Waals surface area contributed by atoms with Crippen LogP contribution in [-0.4, -0.2) is 30.4 Å². The topological polar surface area (TPSA) is 81.7 Å². The second kappa shape index (κ2) is 10.1. The summed E-state index contributed by atoms with van der Waals surface area (Å²) >= 11 is 0. The number of amides is 1. The van der Waals surface area contributed by atoms with E-state index in [-0.39, 0.29) is 5.78 Å². The molecule has 28 heavy (non-hydrogen) atoms. The molecule has 0 unspecified atom stereocenters. The Kier molecular flexibility index (Phi) is 7.51. The van der Waals surface area contributed by atoms with E-state index in [1.807, 2.05) is 19.1 Å². The van der Waals surface area contributed by atoms with Gasteiger partial charge in [0.2, 0.25) is 0 Å². The van der Waals surface area contributed by atoms with E-state index in [9.17, 15) is 14.4 Å². The Morgan fingerprint density at radius 2 is 1.75 bits per heavy atom. The maximum atomic E-state index is 12.3. The number of anilines is 1. The fraction of sp³-hybridized carbons (Fsp3) is 0.227. The Hall–Kier alpha value is -3.41. The number of esters is 1. The summed E-state index contributed by atoms with van der Waals surface area (Å²) in [5, 5.41) is 2.61. The van der Waals surface area contributed by atoms with Crippen molar-refractivity contribution in [3.63, 3.8) is 0 Å². The Balaban J connectivity index is 1.92. The lowest BCUT2D eigenvalue weighted by Gasteiger charge is -2.14. The minimum Gasteiger partial charge on any atom is -0.494 e. The Labute approximate surface area is 164 Å². The van der Waals surface area contributed by atoms with Gasteiger partial charge in [-0.05, 0) is 56.7 Å². The molecule has 0 aliphatic rings. The highest BCUT2D eigenvalue weighted by molar-refractivity contribution is 6.05. The van der Waals surface area contributed by atoms with Crippen molar-refractivity contribution in [2.45, 2.75) is 26.9 Å². The molecule has 1 atom stereocenters. The molecule has 0 radical (unpaired) electrons. The van der Waals surface area contributed by atoms with Crippen molar-refractivity contribution >= 4 is 29.4 Å². The number of benzene rings is 2. The van der Waals surface area contributed by atoms with E-state index in [0.29, 0.717) is 17.9 Å². The lowest BCUT2D eigenvalue weighted by atomic mass is 10.1. The highest BCUT2D eigenvalue weighted by Gasteiger charge is 2.18. The predicted octanol–water partition coefficient (Wildman–Crippen LogP) is 3.87. The normalized spacial score (nSPS) is 11.7. The van der Waals surface area contributed by atoms with Crippen LogP contribution < -0.4 is 10.1 Å². The zero-order valence-corrected chi connectivity index (χ0v) is 16.1. The molecule has 0 aliphatic carbocycles. The second-order valence-corrected chi connectivity index (χ2v) is 6.01. The van der Waals surface area contributed by atoms with Crippen LogP contribution in [0.2, 0.25) is 0 Å². The van der Waals surface area contributed by atoms with E-state index in [2.05, 4.69) is 5.32 Å². The third-order valence-corrected chi connectivity index (χ3v) is 3.83. The monoisotopic (exact) mass is 381 g/mol. The largest absolute Gasteiger partial charge is 0.494 e. The molecular formula is C22H23NO5. The fourth-order valence-electron chi connectivity index (χ4n) is 2.41. The average molecular weight is 381 g/mol. The van der Waals surface area contributed by atoms with Gasteiger partial charge in [-0.2, -0.15) is 0 Å². The van der Waals surface area contributed by atoms with Gasteiger partial charge in [0, 0.05) is 11.6 Å². The number of carbonyl (C=O) groups excluding carboxylic acids is 3. The highest BCUT2D eigenvalue weighted by Crippen LogP contribution is 2.16. The molecule has 2 aromatic carbocycles. The first-order valence-electron chi connectivity index (χ1n) is 8.93. The third kappa shape index (κ3) is 6.09. The second-order valence-electron chi connectivity index (χ2n) is 6.01. The zero-order valence-electron chi connectivity index (χ0n) is 16.1. The van der Waals surface area contributed by atoms with Crippen molar-refractivity contribution in [2.24, 2.45) is 0 Å². The van der Waals surface area contributed by atoms with E-state index in [1.54, 1.807) is 42.5 Å². The third-order valence-electron chi connectivity index (χ3n) is 3.83. The van der Waals surface area contributed by atoms with E-state index in [4.69, 9.17) is 9.47 Å². The average Bonchev–Trinajstić information content (AvgIpc) is 2.68. The van der Waals surface area contributed by atoms with Gasteiger partial charge in [-0.3, -0.25) is 9.59 Å². The Bertz CT molecular complexity index is 871. The van der Waals surface area contributed by atoms with Gasteiger partial charge in [0.05, 0.1) is 12.3 Å². The molecule has 146 valence electrons. The molecule has 6 heteroatoms. The van der Waals surface area contributed by atoms with Gasteiger partial charge in [0.25, 0.3) is 5.91 Å². The van der Waals surface area contributed by atoms with Crippen molar-refractivity contribution in [3.05, 3.63) is 65.7 Å². The molecule has 0 spiro atoms. The summed E-state index contributed by atoms with van der Waals surface area (Å²) in [6.45, 7) is 5.37. The molecule has 0 aromatic heterocycles. The summed E-state index contributed by atoms with van der Waals surface area (Å²) in [4.78, 5) is 35.8. The first-order valence-corrected chi connectivity index (χ1v) is 8.93. The number of carbonyl (C=O) groups is 3. The molecular weight excluding hydrogens is 358 g/mol. The number of nitrogens with one attached hydrogen (secondary N) is 1. The van der Waals surface area contributed by atoms with Crippen molar-refractivity contribution < 1.29 is 23.9 Å². The van der Waals surface area contributed by atoms with Gasteiger partial charge in [0.1, 0.15) is 5.75 Å². The number of hydrogen-bond acceptors (Lipinski definition) is 5. The Morgan fingerprint density at radius 3 is 2.39 bits per heavy atom. The van der Waals surface area contributed by atoms with Gasteiger partial charge in [-0.25, -0.2) is 4.79 Å². The van der Waals surface area contributed by atoms with Crippen LogP contribution in [0.1, 0.15) is 36.7 Å². The molecule has 2 aromatic rings. The van der Waals surface area contributed by atoms with Gasteiger partial charge in [0.15, 0.2) is 11.9 Å². The van der Waals surface area contributed by atoms with Crippen LogP contribution >= 0.6 is 0 Å². The maximum absolute atomic E-state index is 12.3. The number of hydrogen-bond donors (Lipinski definition) is 1. The smallest absolute Gasteiger partial charge is 0.331 e. The Morgan fingerprint density at radius 1 is 1.07 bits per heavy atom. The molecule has 0 fully saturated rings. The van der Waals surface area contributed by atoms with E-state index >= 15 is 0 Å². The predicted molar refractivity (Wildman–Crippen MR) is 107 cm³/mol. The van der Waals surface area contributed by atoms with Crippen LogP contribution in [-0.2, 0) is 14.3 Å². The van der Waals surface area contributed by atoms with Gasteiger partial charge in [-0.15, -0.1) is 0 Å². The molecule has 0 aliphatic heterocycles. The highest BCUT2D eigenvalue weighted by atomic mass is 16.5. The van der Waals surface area contributed by atoms with Crippen LogP contribution in [0.3, 0.4) is 0 Å². The quantitative estimate of drug-likeness (QED) is 0.426. The summed E-state index contributed by atoms with van der Waals surface area (Å²) in [6, 6.07) is 13.9. The molecule has 0 saturated carbocycles. The summed E-state index contributed by atoms with van der Waals surface area (Å²) in [5.74, 6) is -0.579. The van der Waals surface area contributed by atoms with Crippen LogP contribution in [0, 0.1) is 0 Å². The van der Waals surface area contributed by atoms with E-state index < -0.39 is 18.0 Å². The van der Waals surface area contributed by atoms with Crippen molar-refractivity contribution in [1.29, 1.82) is 0 Å². The minimum atomic E-state index is -1.02. The number of rotatable bonds is 8. The summed E-state index contributed by atoms with van der Waals surface area (Å²) < 4.78 is 10.5. The molecule has 2 rings (SSSR count). The summed E-state index contributed by atoms with van der Waals surface area (Å²) in [5.41, 5.74) is 1.57. The molecule has 0 heterocycles. The summed E-state index contributed by atoms with van der Waals surface area (Å²) in [7, 11) is 0. The molecule has 0 saturated heterocycles. The molecule has 1 amide bonds. The number of ether oxygens (including phenoxy) is 2. The first kappa shape index (κ1) is 20.9. The maximum Gasteiger partial charge on any atom is 0.331 e. The summed E-state index contributed by atoms with van der Waals surface area (Å²) in [6.07, 6.45) is 1.83. The zero-order chi connectivity index (χ0) is 20.5. The standard InChI is InChI=1S/C22H23NO5/c1-4-27-18-12-9-17(10-13-18)11-14-21(25)28-16(3)22(26)23-20-8-6-5-7-19(20)15(2)24/h5-14,16H,4H2,1-3H3,(H,23,26)/b14-11+/t16-/m1/s1. The van der Waals surface area contributed by atoms with Gasteiger partial charge in [-0.1, -0.05) is 24.3 Å². The van der Waals surface area contributed by atoms with Gasteiger partial charge < -0.3 is 14.8 Å². The van der Waals surface area contributed by atoms with Gasteiger partial charge >= 0.3 is 5.97 Å². The van der Waals surface area contributed by atoms with E-state index in [1.165, 1.54) is 19.9 Å².